The highest BCUT2D eigenvalue weighted by Gasteiger charge is 2.06. The number of halogens is 1. The molecule has 0 fully saturated rings. The lowest BCUT2D eigenvalue weighted by atomic mass is 10.1. The highest BCUT2D eigenvalue weighted by atomic mass is 35.5. The summed E-state index contributed by atoms with van der Waals surface area (Å²) in [6, 6.07) is 5.80. The van der Waals surface area contributed by atoms with Gasteiger partial charge in [-0.3, -0.25) is 4.98 Å². The van der Waals surface area contributed by atoms with Crippen LogP contribution in [-0.4, -0.2) is 16.5 Å². The summed E-state index contributed by atoms with van der Waals surface area (Å²) < 4.78 is 5.78. The molecule has 112 valence electrons. The fraction of sp³-hybridized carbons (Fsp3) is 0.375. The van der Waals surface area contributed by atoms with Gasteiger partial charge in [-0.2, -0.15) is 0 Å². The average molecular weight is 306 g/mol. The zero-order valence-electron chi connectivity index (χ0n) is 12.4. The van der Waals surface area contributed by atoms with Gasteiger partial charge in [0.05, 0.1) is 11.2 Å². The van der Waals surface area contributed by atoms with Gasteiger partial charge in [-0.1, -0.05) is 31.9 Å². The van der Waals surface area contributed by atoms with Crippen LogP contribution >= 0.6 is 11.6 Å². The average Bonchev–Trinajstić information content (AvgIpc) is 2.45. The van der Waals surface area contributed by atoms with E-state index in [2.05, 4.69) is 35.2 Å². The van der Waals surface area contributed by atoms with Crippen LogP contribution in [0.5, 0.6) is 11.6 Å². The van der Waals surface area contributed by atoms with E-state index in [4.69, 9.17) is 16.3 Å². The van der Waals surface area contributed by atoms with E-state index in [9.17, 15) is 0 Å². The van der Waals surface area contributed by atoms with Crippen LogP contribution < -0.4 is 10.1 Å². The van der Waals surface area contributed by atoms with Gasteiger partial charge in [0.2, 0.25) is 5.88 Å². The van der Waals surface area contributed by atoms with Gasteiger partial charge in [-0.25, -0.2) is 4.98 Å². The number of pyridine rings is 2. The van der Waals surface area contributed by atoms with Crippen molar-refractivity contribution in [1.82, 2.24) is 15.3 Å². The molecule has 0 spiro atoms. The Labute approximate surface area is 130 Å². The molecule has 0 aliphatic heterocycles. The van der Waals surface area contributed by atoms with E-state index in [0.29, 0.717) is 16.7 Å². The number of rotatable bonds is 7. The minimum absolute atomic E-state index is 0.546. The molecule has 0 atom stereocenters. The van der Waals surface area contributed by atoms with E-state index in [1.54, 1.807) is 18.5 Å². The number of nitrogens with zero attached hydrogens (tertiary/aromatic N) is 2. The molecule has 0 saturated heterocycles. The zero-order chi connectivity index (χ0) is 15.1. The van der Waals surface area contributed by atoms with Crippen molar-refractivity contribution in [3.8, 4) is 11.6 Å². The smallest absolute Gasteiger partial charge is 0.219 e. The molecule has 0 unspecified atom stereocenters. The Morgan fingerprint density at radius 2 is 2.05 bits per heavy atom. The monoisotopic (exact) mass is 305 g/mol. The third-order valence-corrected chi connectivity index (χ3v) is 3.11. The minimum Gasteiger partial charge on any atom is -0.437 e. The molecule has 2 rings (SSSR count). The highest BCUT2D eigenvalue weighted by Crippen LogP contribution is 2.23. The molecule has 0 bridgehead atoms. The van der Waals surface area contributed by atoms with E-state index in [1.807, 2.05) is 6.07 Å². The summed E-state index contributed by atoms with van der Waals surface area (Å²) in [5.41, 5.74) is 2.21. The molecule has 5 heteroatoms. The fourth-order valence-electron chi connectivity index (χ4n) is 2.00. The molecule has 1 N–H and O–H groups in total. The maximum absolute atomic E-state index is 5.92. The second-order valence-corrected chi connectivity index (χ2v) is 5.21. The SMILES string of the molecule is CCCc1cc(CNCC)cc(Oc2cncc(Cl)c2)n1. The molecular formula is C16H20ClN3O. The van der Waals surface area contributed by atoms with E-state index < -0.39 is 0 Å². The number of ether oxygens (including phenoxy) is 1. The van der Waals surface area contributed by atoms with Gasteiger partial charge in [0.25, 0.3) is 0 Å². The standard InChI is InChI=1S/C16H20ClN3O/c1-3-5-14-6-12(9-18-4-2)7-16(20-14)21-15-8-13(17)10-19-11-15/h6-8,10-11,18H,3-5,9H2,1-2H3. The van der Waals surface area contributed by atoms with Crippen molar-refractivity contribution in [3.05, 3.63) is 46.9 Å². The molecular weight excluding hydrogens is 286 g/mol. The summed E-state index contributed by atoms with van der Waals surface area (Å²) in [5.74, 6) is 1.18. The van der Waals surface area contributed by atoms with Crippen LogP contribution in [-0.2, 0) is 13.0 Å². The van der Waals surface area contributed by atoms with Crippen LogP contribution in [0.15, 0.2) is 30.6 Å². The molecule has 0 aliphatic carbocycles. The molecule has 0 saturated carbocycles. The van der Waals surface area contributed by atoms with Gasteiger partial charge in [-0.15, -0.1) is 0 Å². The quantitative estimate of drug-likeness (QED) is 0.840. The molecule has 0 aromatic carbocycles. The molecule has 21 heavy (non-hydrogen) atoms. The fourth-order valence-corrected chi connectivity index (χ4v) is 2.16. The Bertz CT molecular complexity index is 589. The summed E-state index contributed by atoms with van der Waals surface area (Å²) in [7, 11) is 0. The first-order valence-electron chi connectivity index (χ1n) is 7.20. The van der Waals surface area contributed by atoms with Gasteiger partial charge in [-0.05, 0) is 24.6 Å². The van der Waals surface area contributed by atoms with E-state index in [1.165, 1.54) is 5.56 Å². The van der Waals surface area contributed by atoms with Crippen molar-refractivity contribution in [2.45, 2.75) is 33.2 Å². The van der Waals surface area contributed by atoms with Gasteiger partial charge in [0, 0.05) is 30.6 Å². The van der Waals surface area contributed by atoms with Crippen molar-refractivity contribution >= 4 is 11.6 Å². The van der Waals surface area contributed by atoms with Gasteiger partial charge in [0.1, 0.15) is 5.75 Å². The first kappa shape index (κ1) is 15.7. The van der Waals surface area contributed by atoms with Crippen molar-refractivity contribution in [2.75, 3.05) is 6.54 Å². The van der Waals surface area contributed by atoms with Crippen LogP contribution in [0.2, 0.25) is 5.02 Å². The molecule has 0 amide bonds. The lowest BCUT2D eigenvalue weighted by molar-refractivity contribution is 0.457. The highest BCUT2D eigenvalue weighted by molar-refractivity contribution is 6.30. The number of aryl methyl sites for hydroxylation is 1. The number of nitrogens with one attached hydrogen (secondary N) is 1. The van der Waals surface area contributed by atoms with E-state index in [-0.39, 0.29) is 0 Å². The van der Waals surface area contributed by atoms with Gasteiger partial charge >= 0.3 is 0 Å². The predicted octanol–water partition coefficient (Wildman–Crippen LogP) is 3.98. The molecule has 2 aromatic rings. The maximum Gasteiger partial charge on any atom is 0.219 e. The van der Waals surface area contributed by atoms with Crippen molar-refractivity contribution in [2.24, 2.45) is 0 Å². The Hall–Kier alpha value is -1.65. The Kier molecular flexibility index (Phi) is 5.96. The molecule has 2 heterocycles. The third-order valence-electron chi connectivity index (χ3n) is 2.90. The third kappa shape index (κ3) is 4.99. The lowest BCUT2D eigenvalue weighted by Crippen LogP contribution is -2.12. The second kappa shape index (κ2) is 7.96. The largest absolute Gasteiger partial charge is 0.437 e. The first-order valence-corrected chi connectivity index (χ1v) is 7.58. The Morgan fingerprint density at radius 3 is 2.76 bits per heavy atom. The maximum atomic E-state index is 5.92. The number of hydrogen-bond donors (Lipinski definition) is 1. The van der Waals surface area contributed by atoms with Crippen LogP contribution in [0.1, 0.15) is 31.5 Å². The molecule has 2 aromatic heterocycles. The summed E-state index contributed by atoms with van der Waals surface area (Å²) >= 11 is 5.92. The van der Waals surface area contributed by atoms with Crippen molar-refractivity contribution in [1.29, 1.82) is 0 Å². The van der Waals surface area contributed by atoms with Crippen molar-refractivity contribution in [3.63, 3.8) is 0 Å². The second-order valence-electron chi connectivity index (χ2n) is 4.78. The minimum atomic E-state index is 0.546. The summed E-state index contributed by atoms with van der Waals surface area (Å²) in [5, 5.41) is 3.86. The summed E-state index contributed by atoms with van der Waals surface area (Å²) in [6.07, 6.45) is 5.19. The first-order chi connectivity index (χ1) is 10.2. The normalized spacial score (nSPS) is 10.6. The molecule has 0 aliphatic rings. The van der Waals surface area contributed by atoms with Crippen LogP contribution in [0.4, 0.5) is 0 Å². The van der Waals surface area contributed by atoms with Gasteiger partial charge < -0.3 is 10.1 Å². The van der Waals surface area contributed by atoms with E-state index in [0.717, 1.165) is 31.6 Å². The van der Waals surface area contributed by atoms with Gasteiger partial charge in [0.15, 0.2) is 0 Å². The Balaban J connectivity index is 2.22. The van der Waals surface area contributed by atoms with Crippen molar-refractivity contribution < 1.29 is 4.74 Å². The van der Waals surface area contributed by atoms with Crippen LogP contribution in [0.25, 0.3) is 0 Å². The molecule has 4 nitrogen and oxygen atoms in total. The predicted molar refractivity (Wildman–Crippen MR) is 84.9 cm³/mol. The zero-order valence-corrected chi connectivity index (χ0v) is 13.2. The summed E-state index contributed by atoms with van der Waals surface area (Å²) in [6.45, 7) is 5.96. The van der Waals surface area contributed by atoms with E-state index >= 15 is 0 Å². The number of hydrogen-bond acceptors (Lipinski definition) is 4. The van der Waals surface area contributed by atoms with Crippen LogP contribution in [0, 0.1) is 0 Å². The Morgan fingerprint density at radius 1 is 1.19 bits per heavy atom. The summed E-state index contributed by atoms with van der Waals surface area (Å²) in [4.78, 5) is 8.55. The molecule has 0 radical (unpaired) electrons. The lowest BCUT2D eigenvalue weighted by Gasteiger charge is -2.10. The topological polar surface area (TPSA) is 47.0 Å². The van der Waals surface area contributed by atoms with Crippen LogP contribution in [0.3, 0.4) is 0 Å². The number of aromatic nitrogens is 2.